The Labute approximate surface area is 198 Å². The smallest absolute Gasteiger partial charge is 0.332 e. The van der Waals surface area contributed by atoms with Gasteiger partial charge in [-0.1, -0.05) is 0 Å². The van der Waals surface area contributed by atoms with Crippen LogP contribution in [0.5, 0.6) is 0 Å². The number of alkyl halides is 2. The lowest BCUT2D eigenvalue weighted by molar-refractivity contribution is -0.223. The van der Waals surface area contributed by atoms with Crippen LogP contribution in [0.2, 0.25) is 0 Å². The van der Waals surface area contributed by atoms with Gasteiger partial charge in [-0.25, -0.2) is 13.6 Å². The second-order valence-electron chi connectivity index (χ2n) is 12.8. The van der Waals surface area contributed by atoms with Crippen molar-refractivity contribution >= 4 is 17.7 Å². The predicted molar refractivity (Wildman–Crippen MR) is 115 cm³/mol. The molecule has 8 heteroatoms. The summed E-state index contributed by atoms with van der Waals surface area (Å²) in [5.41, 5.74) is -1.92. The summed E-state index contributed by atoms with van der Waals surface area (Å²) in [7, 11) is 0. The summed E-state index contributed by atoms with van der Waals surface area (Å²) in [6.07, 6.45) is 8.25. The Morgan fingerprint density at radius 1 is 0.912 bits per heavy atom. The van der Waals surface area contributed by atoms with Crippen molar-refractivity contribution in [3.8, 4) is 0 Å². The molecule has 4 unspecified atom stereocenters. The fourth-order valence-electron chi connectivity index (χ4n) is 9.21. The van der Waals surface area contributed by atoms with Crippen molar-refractivity contribution < 1.29 is 37.4 Å². The number of esters is 2. The number of hydrogen-bond donors (Lipinski definition) is 0. The van der Waals surface area contributed by atoms with E-state index in [9.17, 15) is 23.2 Å². The third-order valence-corrected chi connectivity index (χ3v) is 9.66. The summed E-state index contributed by atoms with van der Waals surface area (Å²) in [6.45, 7) is -0.333. The standard InChI is InChI=1S/C26H34F2O6/c1-23(27,28)14-32-22(31)24-5-16-2-17(6-24)9-26(8-16,13-24)33-12-20(29)34-25-7-15-3-18(10-25)21(30)19(4-15)11-25/h15-19H,2-14H2,1H3. The molecule has 34 heavy (non-hydrogen) atoms. The molecule has 8 aliphatic carbocycles. The molecule has 0 heterocycles. The average Bonchev–Trinajstić information content (AvgIpc) is 2.72. The molecule has 0 N–H and O–H groups in total. The second kappa shape index (κ2) is 7.47. The van der Waals surface area contributed by atoms with E-state index in [4.69, 9.17) is 14.2 Å². The van der Waals surface area contributed by atoms with Gasteiger partial charge >= 0.3 is 11.9 Å². The summed E-state index contributed by atoms with van der Waals surface area (Å²) in [4.78, 5) is 38.3. The van der Waals surface area contributed by atoms with E-state index in [1.165, 1.54) is 0 Å². The summed E-state index contributed by atoms with van der Waals surface area (Å²) in [6, 6.07) is 0. The van der Waals surface area contributed by atoms with Crippen molar-refractivity contribution in [1.29, 1.82) is 0 Å². The highest BCUT2D eigenvalue weighted by Crippen LogP contribution is 2.63. The fourth-order valence-corrected chi connectivity index (χ4v) is 9.21. The minimum atomic E-state index is -3.06. The maximum atomic E-state index is 13.3. The highest BCUT2D eigenvalue weighted by Gasteiger charge is 2.62. The highest BCUT2D eigenvalue weighted by molar-refractivity contribution is 5.86. The quantitative estimate of drug-likeness (QED) is 0.508. The summed E-state index contributed by atoms with van der Waals surface area (Å²) < 4.78 is 43.9. The molecule has 0 saturated heterocycles. The van der Waals surface area contributed by atoms with E-state index in [1.807, 2.05) is 0 Å². The first-order chi connectivity index (χ1) is 16.0. The van der Waals surface area contributed by atoms with Gasteiger partial charge < -0.3 is 14.2 Å². The number of hydrogen-bond acceptors (Lipinski definition) is 6. The minimum absolute atomic E-state index is 0.0319. The van der Waals surface area contributed by atoms with Crippen molar-refractivity contribution in [3.05, 3.63) is 0 Å². The maximum Gasteiger partial charge on any atom is 0.332 e. The second-order valence-corrected chi connectivity index (χ2v) is 12.8. The van der Waals surface area contributed by atoms with Crippen LogP contribution in [0.4, 0.5) is 8.78 Å². The van der Waals surface area contributed by atoms with Crippen LogP contribution in [-0.4, -0.2) is 48.1 Å². The van der Waals surface area contributed by atoms with E-state index in [2.05, 4.69) is 0 Å². The van der Waals surface area contributed by atoms with E-state index >= 15 is 0 Å². The van der Waals surface area contributed by atoms with Crippen LogP contribution in [0.3, 0.4) is 0 Å². The molecule has 8 fully saturated rings. The number of rotatable bonds is 7. The van der Waals surface area contributed by atoms with Gasteiger partial charge in [0.2, 0.25) is 0 Å². The monoisotopic (exact) mass is 480 g/mol. The molecule has 188 valence electrons. The molecule has 0 amide bonds. The van der Waals surface area contributed by atoms with Gasteiger partial charge in [0, 0.05) is 18.8 Å². The molecule has 8 rings (SSSR count). The molecule has 8 aliphatic rings. The van der Waals surface area contributed by atoms with Crippen LogP contribution in [0.25, 0.3) is 0 Å². The van der Waals surface area contributed by atoms with E-state index in [1.54, 1.807) is 0 Å². The Bertz CT molecular complexity index is 877. The number of Topliss-reactive ketones (excluding diaryl/α,β-unsaturated/α-hetero) is 1. The van der Waals surface area contributed by atoms with Gasteiger partial charge in [0.15, 0.2) is 6.61 Å². The van der Waals surface area contributed by atoms with Gasteiger partial charge in [-0.3, -0.25) is 9.59 Å². The van der Waals surface area contributed by atoms with Crippen LogP contribution in [0.15, 0.2) is 0 Å². The zero-order valence-corrected chi connectivity index (χ0v) is 19.8. The molecule has 8 bridgehead atoms. The molecular weight excluding hydrogens is 446 g/mol. The lowest BCUT2D eigenvalue weighted by Crippen LogP contribution is -2.60. The van der Waals surface area contributed by atoms with Gasteiger partial charge in [0.05, 0.1) is 11.0 Å². The van der Waals surface area contributed by atoms with Crippen molar-refractivity contribution in [1.82, 2.24) is 0 Å². The molecular formula is C26H34F2O6. The Hall–Kier alpha value is -1.57. The van der Waals surface area contributed by atoms with Crippen molar-refractivity contribution in [2.24, 2.45) is 35.0 Å². The summed E-state index contributed by atoms with van der Waals surface area (Å²) in [5.74, 6) is -2.56. The van der Waals surface area contributed by atoms with Gasteiger partial charge in [-0.15, -0.1) is 0 Å². The third kappa shape index (κ3) is 3.88. The Balaban J connectivity index is 1.10. The van der Waals surface area contributed by atoms with Crippen LogP contribution >= 0.6 is 0 Å². The number of ketones is 1. The van der Waals surface area contributed by atoms with Crippen LogP contribution in [0.1, 0.15) is 77.6 Å². The first kappa shape index (κ1) is 22.9. The van der Waals surface area contributed by atoms with Crippen LogP contribution in [0, 0.1) is 35.0 Å². The highest BCUT2D eigenvalue weighted by atomic mass is 19.3. The molecule has 0 aromatic heterocycles. The van der Waals surface area contributed by atoms with Gasteiger partial charge in [-0.05, 0) is 88.4 Å². The minimum Gasteiger partial charge on any atom is -0.459 e. The van der Waals surface area contributed by atoms with E-state index in [0.717, 1.165) is 45.4 Å². The SMILES string of the molecule is CC(F)(F)COC(=O)C12CC3CC(CC(OCC(=O)OC45CC6CC(C4)C(=O)C(C6)C5)(C3)C1)C2. The number of carbonyl (C=O) groups excluding carboxylic acids is 3. The zero-order valence-electron chi connectivity index (χ0n) is 19.8. The molecule has 4 atom stereocenters. The van der Waals surface area contributed by atoms with E-state index < -0.39 is 41.1 Å². The van der Waals surface area contributed by atoms with E-state index in [0.29, 0.717) is 43.8 Å². The summed E-state index contributed by atoms with van der Waals surface area (Å²) >= 11 is 0. The fraction of sp³-hybridized carbons (Fsp3) is 0.885. The number of carbonyl (C=O) groups is 3. The lowest BCUT2D eigenvalue weighted by Gasteiger charge is -2.60. The molecule has 0 spiro atoms. The summed E-state index contributed by atoms with van der Waals surface area (Å²) in [5, 5.41) is 0. The van der Waals surface area contributed by atoms with Crippen molar-refractivity contribution in [2.75, 3.05) is 13.2 Å². The van der Waals surface area contributed by atoms with Gasteiger partial charge in [-0.2, -0.15) is 0 Å². The van der Waals surface area contributed by atoms with Crippen molar-refractivity contribution in [2.45, 2.75) is 94.7 Å². The van der Waals surface area contributed by atoms with Crippen molar-refractivity contribution in [3.63, 3.8) is 0 Å². The molecule has 6 nitrogen and oxygen atoms in total. The lowest BCUT2D eigenvalue weighted by atomic mass is 9.48. The van der Waals surface area contributed by atoms with Crippen LogP contribution < -0.4 is 0 Å². The van der Waals surface area contributed by atoms with E-state index in [-0.39, 0.29) is 30.3 Å². The Kier molecular flexibility index (Phi) is 5.02. The van der Waals surface area contributed by atoms with Crippen LogP contribution in [-0.2, 0) is 28.6 Å². The topological polar surface area (TPSA) is 78.9 Å². The first-order valence-corrected chi connectivity index (χ1v) is 12.9. The normalized spacial score (nSPS) is 46.1. The molecule has 0 aromatic carbocycles. The molecule has 0 aliphatic heterocycles. The Morgan fingerprint density at radius 2 is 1.53 bits per heavy atom. The molecule has 8 saturated carbocycles. The van der Waals surface area contributed by atoms with Gasteiger partial charge in [0.25, 0.3) is 5.92 Å². The molecule has 0 aromatic rings. The predicted octanol–water partition coefficient (Wildman–Crippen LogP) is 4.23. The largest absolute Gasteiger partial charge is 0.459 e. The number of ether oxygens (including phenoxy) is 3. The Morgan fingerprint density at radius 3 is 2.15 bits per heavy atom. The maximum absolute atomic E-state index is 13.3. The average molecular weight is 481 g/mol. The zero-order chi connectivity index (χ0) is 23.9. The third-order valence-electron chi connectivity index (χ3n) is 9.66. The van der Waals surface area contributed by atoms with Gasteiger partial charge in [0.1, 0.15) is 18.0 Å². The first-order valence-electron chi connectivity index (χ1n) is 12.9. The number of halogens is 2. The molecule has 0 radical (unpaired) electrons.